The first-order valence-electron chi connectivity index (χ1n) is 6.35. The number of hydrogen-bond acceptors (Lipinski definition) is 2. The Morgan fingerprint density at radius 3 is 2.59 bits per heavy atom. The summed E-state index contributed by atoms with van der Waals surface area (Å²) in [7, 11) is 0. The Morgan fingerprint density at radius 2 is 1.86 bits per heavy atom. The minimum Gasteiger partial charge on any atom is -0.332 e. The van der Waals surface area contributed by atoms with Crippen molar-refractivity contribution >= 4 is 58.2 Å². The van der Waals surface area contributed by atoms with E-state index in [1.165, 1.54) is 6.08 Å². The second-order valence-electron chi connectivity index (χ2n) is 4.31. The van der Waals surface area contributed by atoms with Gasteiger partial charge in [-0.3, -0.25) is 10.1 Å². The summed E-state index contributed by atoms with van der Waals surface area (Å²) >= 11 is 16.9. The summed E-state index contributed by atoms with van der Waals surface area (Å²) in [4.78, 5) is 11.8. The Kier molecular flexibility index (Phi) is 5.95. The van der Waals surface area contributed by atoms with Gasteiger partial charge >= 0.3 is 0 Å². The van der Waals surface area contributed by atoms with Crippen LogP contribution in [0.5, 0.6) is 0 Å². The van der Waals surface area contributed by atoms with E-state index in [0.29, 0.717) is 15.7 Å². The van der Waals surface area contributed by atoms with E-state index in [-0.39, 0.29) is 11.0 Å². The number of benzene rings is 2. The zero-order valence-corrected chi connectivity index (χ0v) is 13.7. The summed E-state index contributed by atoms with van der Waals surface area (Å²) < 4.78 is 0. The van der Waals surface area contributed by atoms with Gasteiger partial charge in [0.15, 0.2) is 5.11 Å². The van der Waals surface area contributed by atoms with E-state index in [4.69, 9.17) is 35.4 Å². The average molecular weight is 351 g/mol. The van der Waals surface area contributed by atoms with Gasteiger partial charge in [0.2, 0.25) is 5.91 Å². The molecule has 0 aliphatic rings. The monoisotopic (exact) mass is 350 g/mol. The molecule has 3 nitrogen and oxygen atoms in total. The molecule has 0 aromatic heterocycles. The molecule has 0 aliphatic carbocycles. The highest BCUT2D eigenvalue weighted by Gasteiger charge is 2.02. The van der Waals surface area contributed by atoms with Crippen LogP contribution in [-0.2, 0) is 4.79 Å². The Balaban J connectivity index is 1.92. The van der Waals surface area contributed by atoms with Crippen molar-refractivity contribution in [3.05, 3.63) is 70.2 Å². The van der Waals surface area contributed by atoms with E-state index >= 15 is 0 Å². The molecule has 0 saturated heterocycles. The van der Waals surface area contributed by atoms with Gasteiger partial charge in [-0.05, 0) is 48.1 Å². The van der Waals surface area contributed by atoms with Crippen LogP contribution in [0.2, 0.25) is 10.0 Å². The molecule has 2 aromatic carbocycles. The number of anilines is 1. The van der Waals surface area contributed by atoms with Crippen LogP contribution in [0.3, 0.4) is 0 Å². The van der Waals surface area contributed by atoms with Gasteiger partial charge in [0.25, 0.3) is 0 Å². The predicted octanol–water partition coefficient (Wildman–Crippen LogP) is 4.52. The summed E-state index contributed by atoms with van der Waals surface area (Å²) in [5.74, 6) is -0.348. The minimum absolute atomic E-state index is 0.191. The smallest absolute Gasteiger partial charge is 0.250 e. The molecule has 1 amide bonds. The molecule has 0 fully saturated rings. The number of rotatable bonds is 3. The third kappa shape index (κ3) is 5.15. The van der Waals surface area contributed by atoms with Gasteiger partial charge in [0.05, 0.1) is 0 Å². The van der Waals surface area contributed by atoms with Gasteiger partial charge in [-0.2, -0.15) is 0 Å². The molecule has 0 radical (unpaired) electrons. The minimum atomic E-state index is -0.348. The summed E-state index contributed by atoms with van der Waals surface area (Å²) in [6.45, 7) is 0. The van der Waals surface area contributed by atoms with E-state index < -0.39 is 0 Å². The first kappa shape index (κ1) is 16.5. The number of hydrogen-bond donors (Lipinski definition) is 2. The van der Waals surface area contributed by atoms with E-state index in [0.717, 1.165) is 5.56 Å². The molecular formula is C16H12Cl2N2OS. The molecule has 2 N–H and O–H groups in total. The largest absolute Gasteiger partial charge is 0.332 e. The molecule has 0 atom stereocenters. The molecule has 0 unspecified atom stereocenters. The Bertz CT molecular complexity index is 732. The van der Waals surface area contributed by atoms with Crippen LogP contribution in [0, 0.1) is 0 Å². The van der Waals surface area contributed by atoms with Crippen LogP contribution in [0.15, 0.2) is 54.6 Å². The molecule has 0 aliphatic heterocycles. The van der Waals surface area contributed by atoms with E-state index in [9.17, 15) is 4.79 Å². The topological polar surface area (TPSA) is 41.1 Å². The lowest BCUT2D eigenvalue weighted by Crippen LogP contribution is -2.32. The zero-order valence-electron chi connectivity index (χ0n) is 11.3. The van der Waals surface area contributed by atoms with Crippen LogP contribution in [-0.4, -0.2) is 11.0 Å². The van der Waals surface area contributed by atoms with Crippen molar-refractivity contribution in [3.8, 4) is 0 Å². The Hall–Kier alpha value is -1.88. The maximum Gasteiger partial charge on any atom is 0.250 e. The van der Waals surface area contributed by atoms with E-state index in [1.54, 1.807) is 36.4 Å². The van der Waals surface area contributed by atoms with Crippen LogP contribution >= 0.6 is 35.4 Å². The summed E-state index contributed by atoms with van der Waals surface area (Å²) in [6.07, 6.45) is 2.99. The third-order valence-electron chi connectivity index (χ3n) is 2.64. The number of halogens is 2. The van der Waals surface area contributed by atoms with E-state index in [2.05, 4.69) is 10.6 Å². The van der Waals surface area contributed by atoms with Crippen LogP contribution < -0.4 is 10.6 Å². The van der Waals surface area contributed by atoms with Crippen molar-refractivity contribution in [3.63, 3.8) is 0 Å². The number of carbonyl (C=O) groups is 1. The summed E-state index contributed by atoms with van der Waals surface area (Å²) in [5.41, 5.74) is 1.46. The number of carbonyl (C=O) groups excluding carboxylic acids is 1. The highest BCUT2D eigenvalue weighted by Crippen LogP contribution is 2.16. The SMILES string of the molecule is O=C(C=Cc1ccccc1Cl)NC(=S)Nc1cccc(Cl)c1. The van der Waals surface area contributed by atoms with Gasteiger partial charge in [-0.1, -0.05) is 47.5 Å². The maximum absolute atomic E-state index is 11.8. The van der Waals surface area contributed by atoms with Gasteiger partial charge in [-0.25, -0.2) is 0 Å². The Labute approximate surface area is 143 Å². The lowest BCUT2D eigenvalue weighted by molar-refractivity contribution is -0.115. The normalized spacial score (nSPS) is 10.5. The van der Waals surface area contributed by atoms with Crippen molar-refractivity contribution in [2.24, 2.45) is 0 Å². The van der Waals surface area contributed by atoms with Crippen molar-refractivity contribution in [2.75, 3.05) is 5.32 Å². The zero-order chi connectivity index (χ0) is 15.9. The predicted molar refractivity (Wildman–Crippen MR) is 96.3 cm³/mol. The first-order valence-corrected chi connectivity index (χ1v) is 7.51. The molecule has 0 bridgehead atoms. The van der Waals surface area contributed by atoms with Gasteiger partial charge in [0, 0.05) is 21.8 Å². The standard InChI is InChI=1S/C16H12Cl2N2OS/c17-12-5-3-6-13(10-12)19-16(22)20-15(21)9-8-11-4-1-2-7-14(11)18/h1-10H,(H2,19,20,21,22). The molecule has 22 heavy (non-hydrogen) atoms. The molecule has 0 heterocycles. The fourth-order valence-corrected chi connectivity index (χ4v) is 2.27. The summed E-state index contributed by atoms with van der Waals surface area (Å²) in [6, 6.07) is 14.3. The quantitative estimate of drug-likeness (QED) is 0.631. The average Bonchev–Trinajstić information content (AvgIpc) is 2.46. The molecule has 6 heteroatoms. The third-order valence-corrected chi connectivity index (χ3v) is 3.42. The lowest BCUT2D eigenvalue weighted by atomic mass is 10.2. The molecule has 112 valence electrons. The first-order chi connectivity index (χ1) is 10.5. The van der Waals surface area contributed by atoms with Crippen LogP contribution in [0.25, 0.3) is 6.08 Å². The van der Waals surface area contributed by atoms with Crippen LogP contribution in [0.1, 0.15) is 5.56 Å². The molecule has 0 saturated carbocycles. The fourth-order valence-electron chi connectivity index (χ4n) is 1.66. The van der Waals surface area contributed by atoms with Gasteiger partial charge in [0.1, 0.15) is 0 Å². The molecular weight excluding hydrogens is 339 g/mol. The van der Waals surface area contributed by atoms with Crippen molar-refractivity contribution in [1.82, 2.24) is 5.32 Å². The van der Waals surface area contributed by atoms with Gasteiger partial charge < -0.3 is 5.32 Å². The fraction of sp³-hybridized carbons (Fsp3) is 0. The lowest BCUT2D eigenvalue weighted by Gasteiger charge is -2.08. The molecule has 0 spiro atoms. The van der Waals surface area contributed by atoms with Crippen molar-refractivity contribution < 1.29 is 4.79 Å². The number of thiocarbonyl (C=S) groups is 1. The maximum atomic E-state index is 11.8. The molecule has 2 rings (SSSR count). The van der Waals surface area contributed by atoms with E-state index in [1.807, 2.05) is 18.2 Å². The highest BCUT2D eigenvalue weighted by molar-refractivity contribution is 7.80. The molecule has 2 aromatic rings. The Morgan fingerprint density at radius 1 is 1.09 bits per heavy atom. The van der Waals surface area contributed by atoms with Crippen molar-refractivity contribution in [2.45, 2.75) is 0 Å². The summed E-state index contributed by atoms with van der Waals surface area (Å²) in [5, 5.41) is 6.77. The second-order valence-corrected chi connectivity index (χ2v) is 5.56. The van der Waals surface area contributed by atoms with Gasteiger partial charge in [-0.15, -0.1) is 0 Å². The highest BCUT2D eigenvalue weighted by atomic mass is 35.5. The van der Waals surface area contributed by atoms with Crippen molar-refractivity contribution in [1.29, 1.82) is 0 Å². The van der Waals surface area contributed by atoms with Crippen LogP contribution in [0.4, 0.5) is 5.69 Å². The number of nitrogens with one attached hydrogen (secondary N) is 2. The second kappa shape index (κ2) is 7.94. The number of amides is 1.